The zero-order valence-electron chi connectivity index (χ0n) is 15.4. The highest BCUT2D eigenvalue weighted by Gasteiger charge is 2.31. The van der Waals surface area contributed by atoms with Gasteiger partial charge in [-0.3, -0.25) is 4.98 Å². The van der Waals surface area contributed by atoms with Crippen LogP contribution in [0.5, 0.6) is 0 Å². The number of halogens is 5. The average Bonchev–Trinajstić information content (AvgIpc) is 2.68. The number of hydrogen-bond donors (Lipinski definition) is 0. The zero-order chi connectivity index (χ0) is 20.8. The summed E-state index contributed by atoms with van der Waals surface area (Å²) in [5.74, 6) is -1.85. The number of alkyl halides is 2. The molecule has 0 aliphatic carbocycles. The lowest BCUT2D eigenvalue weighted by atomic mass is 9.95. The first-order chi connectivity index (χ1) is 13.4. The van der Waals surface area contributed by atoms with Gasteiger partial charge in [-0.1, -0.05) is 50.8 Å². The van der Waals surface area contributed by atoms with Crippen molar-refractivity contribution in [3.63, 3.8) is 0 Å². The van der Waals surface area contributed by atoms with Gasteiger partial charge in [-0.25, -0.2) is 17.6 Å². The van der Waals surface area contributed by atoms with Gasteiger partial charge in [0.25, 0.3) is 6.43 Å². The van der Waals surface area contributed by atoms with Gasteiger partial charge in [0.1, 0.15) is 0 Å². The summed E-state index contributed by atoms with van der Waals surface area (Å²) in [5, 5.41) is 0. The molecule has 0 amide bonds. The lowest BCUT2D eigenvalue weighted by Gasteiger charge is -2.34. The maximum absolute atomic E-state index is 14.5. The van der Waals surface area contributed by atoms with E-state index in [0.717, 1.165) is 17.3 Å². The van der Waals surface area contributed by atoms with Crippen molar-refractivity contribution < 1.29 is 17.6 Å². The second kappa shape index (κ2) is 9.86. The maximum Gasteiger partial charge on any atom is 0.256 e. The summed E-state index contributed by atoms with van der Waals surface area (Å²) in [6.07, 6.45) is 0.699. The predicted octanol–water partition coefficient (Wildman–Crippen LogP) is 6.67. The molecule has 0 N–H and O–H groups in total. The van der Waals surface area contributed by atoms with Crippen molar-refractivity contribution >= 4 is 33.9 Å². The monoisotopic (exact) mass is 502 g/mol. The van der Waals surface area contributed by atoms with Crippen LogP contribution in [0.4, 0.5) is 17.6 Å². The highest BCUT2D eigenvalue weighted by atomic mass is 127. The van der Waals surface area contributed by atoms with Crippen LogP contribution in [-0.2, 0) is 0 Å². The Hall–Kier alpha value is -2.16. The number of pyridine rings is 1. The van der Waals surface area contributed by atoms with E-state index in [0.29, 0.717) is 14.7 Å². The summed E-state index contributed by atoms with van der Waals surface area (Å²) in [7, 11) is 0. The minimum absolute atomic E-state index is 0.0133. The lowest BCUT2D eigenvalue weighted by Crippen LogP contribution is -2.30. The first kappa shape index (κ1) is 22.1. The predicted molar refractivity (Wildman–Crippen MR) is 113 cm³/mol. The Morgan fingerprint density at radius 3 is 2.18 bits per heavy atom. The fraction of sp³-hybridized carbons (Fsp3) is 0.190. The maximum atomic E-state index is 14.5. The number of allylic oxidation sites excluding steroid dienone is 3. The Morgan fingerprint density at radius 1 is 1.07 bits per heavy atom. The minimum Gasteiger partial charge on any atom is -0.334 e. The van der Waals surface area contributed by atoms with Crippen LogP contribution < -0.4 is 0 Å². The topological polar surface area (TPSA) is 16.1 Å². The molecule has 0 saturated carbocycles. The number of rotatable bonds is 4. The van der Waals surface area contributed by atoms with Crippen LogP contribution in [0.1, 0.15) is 25.0 Å². The third-order valence-corrected chi connectivity index (χ3v) is 4.83. The molecule has 28 heavy (non-hydrogen) atoms. The van der Waals surface area contributed by atoms with Crippen molar-refractivity contribution in [2.75, 3.05) is 6.54 Å². The van der Waals surface area contributed by atoms with Crippen molar-refractivity contribution in [3.8, 4) is 0 Å². The summed E-state index contributed by atoms with van der Waals surface area (Å²) in [4.78, 5) is 4.64. The Labute approximate surface area is 175 Å². The molecule has 7 heteroatoms. The number of aromatic nitrogens is 1. The molecule has 2 heterocycles. The Balaban J connectivity index is 0.00000136. The molecule has 2 nitrogen and oxygen atoms in total. The van der Waals surface area contributed by atoms with Gasteiger partial charge >= 0.3 is 0 Å². The fourth-order valence-electron chi connectivity index (χ4n) is 2.77. The number of hydrogen-bond acceptors (Lipinski definition) is 2. The average molecular weight is 502 g/mol. The van der Waals surface area contributed by atoms with Crippen LogP contribution in [0.2, 0.25) is 0 Å². The van der Waals surface area contributed by atoms with Crippen LogP contribution in [0.3, 0.4) is 0 Å². The number of nitrogens with zero attached hydrogens (tertiary/aromatic N) is 2. The standard InChI is InChI=1S/C19H13F4IN2.C2H6/c1-11-16(24)7-13(12-5-3-2-4-6-12)19(26(11)10-17(22)23)18-14(20)8-25-9-15(18)21;1-2/h2-9,17H,1,10H2;1-2H3. The first-order valence-electron chi connectivity index (χ1n) is 8.61. The molecule has 1 aromatic heterocycles. The van der Waals surface area contributed by atoms with Gasteiger partial charge in [0.2, 0.25) is 0 Å². The van der Waals surface area contributed by atoms with Crippen LogP contribution >= 0.6 is 22.6 Å². The van der Waals surface area contributed by atoms with Gasteiger partial charge in [-0.05, 0) is 34.2 Å². The van der Waals surface area contributed by atoms with E-state index in [9.17, 15) is 17.6 Å². The molecule has 0 unspecified atom stereocenters. The number of benzene rings is 1. The molecular formula is C21H19F4IN2. The van der Waals surface area contributed by atoms with Crippen LogP contribution in [0.15, 0.2) is 64.7 Å². The van der Waals surface area contributed by atoms with E-state index < -0.39 is 30.2 Å². The van der Waals surface area contributed by atoms with E-state index in [2.05, 4.69) is 11.6 Å². The van der Waals surface area contributed by atoms with Crippen molar-refractivity contribution in [3.05, 3.63) is 87.4 Å². The van der Waals surface area contributed by atoms with E-state index in [1.165, 1.54) is 0 Å². The third-order valence-electron chi connectivity index (χ3n) is 3.89. The molecule has 0 bridgehead atoms. The molecule has 0 atom stereocenters. The SMILES string of the molecule is C=C1C(I)=CC(c2ccccc2)=C(c2c(F)cncc2F)N1CC(F)F.CC. The highest BCUT2D eigenvalue weighted by molar-refractivity contribution is 14.1. The van der Waals surface area contributed by atoms with Crippen molar-refractivity contribution in [2.24, 2.45) is 0 Å². The van der Waals surface area contributed by atoms with Gasteiger partial charge in [0, 0.05) is 14.8 Å². The van der Waals surface area contributed by atoms with E-state index in [1.807, 2.05) is 36.4 Å². The molecule has 1 aromatic carbocycles. The molecule has 3 rings (SSSR count). The lowest BCUT2D eigenvalue weighted by molar-refractivity contribution is 0.123. The zero-order valence-corrected chi connectivity index (χ0v) is 17.6. The molecule has 0 radical (unpaired) electrons. The van der Waals surface area contributed by atoms with Crippen LogP contribution in [0, 0.1) is 11.6 Å². The third kappa shape index (κ3) is 4.63. The summed E-state index contributed by atoms with van der Waals surface area (Å²) in [6, 6.07) is 8.83. The quantitative estimate of drug-likeness (QED) is 0.343. The molecule has 0 spiro atoms. The van der Waals surface area contributed by atoms with Crippen LogP contribution in [-0.4, -0.2) is 22.9 Å². The normalized spacial score (nSPS) is 14.1. The van der Waals surface area contributed by atoms with Gasteiger partial charge in [-0.2, -0.15) is 0 Å². The molecule has 1 aliphatic rings. The van der Waals surface area contributed by atoms with E-state index in [4.69, 9.17) is 0 Å². The molecule has 0 fully saturated rings. The van der Waals surface area contributed by atoms with Gasteiger partial charge in [0.05, 0.1) is 30.2 Å². The molecule has 1 aliphatic heterocycles. The van der Waals surface area contributed by atoms with Crippen molar-refractivity contribution in [1.29, 1.82) is 0 Å². The minimum atomic E-state index is -2.71. The van der Waals surface area contributed by atoms with Gasteiger partial charge in [-0.15, -0.1) is 0 Å². The van der Waals surface area contributed by atoms with Crippen molar-refractivity contribution in [1.82, 2.24) is 9.88 Å². The Kier molecular flexibility index (Phi) is 7.79. The molecule has 148 valence electrons. The molecule has 0 saturated heterocycles. The summed E-state index contributed by atoms with van der Waals surface area (Å²) in [6.45, 7) is 7.08. The molecule has 2 aromatic rings. The molecular weight excluding hydrogens is 483 g/mol. The Morgan fingerprint density at radius 2 is 1.64 bits per heavy atom. The van der Waals surface area contributed by atoms with Crippen LogP contribution in [0.25, 0.3) is 11.3 Å². The second-order valence-corrected chi connectivity index (χ2v) is 6.71. The largest absolute Gasteiger partial charge is 0.334 e. The smallest absolute Gasteiger partial charge is 0.256 e. The van der Waals surface area contributed by atoms with E-state index in [-0.39, 0.29) is 11.4 Å². The second-order valence-electron chi connectivity index (χ2n) is 5.55. The highest BCUT2D eigenvalue weighted by Crippen LogP contribution is 2.42. The summed E-state index contributed by atoms with van der Waals surface area (Å²) >= 11 is 1.97. The van der Waals surface area contributed by atoms with Crippen molar-refractivity contribution in [2.45, 2.75) is 20.3 Å². The summed E-state index contributed by atoms with van der Waals surface area (Å²) < 4.78 is 55.9. The first-order valence-corrected chi connectivity index (χ1v) is 9.69. The van der Waals surface area contributed by atoms with E-state index >= 15 is 0 Å². The van der Waals surface area contributed by atoms with Gasteiger partial charge in [0.15, 0.2) is 11.6 Å². The van der Waals surface area contributed by atoms with E-state index in [1.54, 1.807) is 36.4 Å². The Bertz CT molecular complexity index is 888. The van der Waals surface area contributed by atoms with Gasteiger partial charge < -0.3 is 4.90 Å². The summed E-state index contributed by atoms with van der Waals surface area (Å²) in [5.41, 5.74) is 0.961. The fourth-order valence-corrected chi connectivity index (χ4v) is 3.37.